The number of nitrogens with two attached hydrogens (primary N) is 1. The van der Waals surface area contributed by atoms with Crippen LogP contribution >= 0.6 is 27.5 Å². The summed E-state index contributed by atoms with van der Waals surface area (Å²) in [7, 11) is 0. The van der Waals surface area contributed by atoms with Crippen molar-refractivity contribution in [3.05, 3.63) is 27.2 Å². The fourth-order valence-electron chi connectivity index (χ4n) is 0.927. The van der Waals surface area contributed by atoms with Gasteiger partial charge < -0.3 is 10.5 Å². The van der Waals surface area contributed by atoms with Crippen LogP contribution in [-0.2, 0) is 4.74 Å². The number of carbonyl (C=O) groups excluding carboxylic acids is 1. The Morgan fingerprint density at radius 1 is 1.64 bits per heavy atom. The van der Waals surface area contributed by atoms with E-state index in [0.717, 1.165) is 0 Å². The molecule has 0 atom stereocenters. The minimum atomic E-state index is -0.446. The molecule has 0 fully saturated rings. The van der Waals surface area contributed by atoms with E-state index in [1.54, 1.807) is 13.0 Å². The summed E-state index contributed by atoms with van der Waals surface area (Å²) in [5.41, 5.74) is 6.38. The lowest BCUT2D eigenvalue weighted by molar-refractivity contribution is 0.0526. The van der Waals surface area contributed by atoms with Crippen LogP contribution in [0.4, 0.5) is 5.69 Å². The van der Waals surface area contributed by atoms with Gasteiger partial charge in [0.1, 0.15) is 0 Å². The molecule has 3 nitrogen and oxygen atoms in total. The third kappa shape index (κ3) is 2.39. The van der Waals surface area contributed by atoms with Gasteiger partial charge in [0.25, 0.3) is 0 Å². The molecule has 76 valence electrons. The van der Waals surface area contributed by atoms with Crippen molar-refractivity contribution in [2.24, 2.45) is 0 Å². The molecule has 0 aliphatic carbocycles. The lowest BCUT2D eigenvalue weighted by Crippen LogP contribution is -2.06. The molecule has 0 heterocycles. The van der Waals surface area contributed by atoms with Crippen molar-refractivity contribution in [2.45, 2.75) is 6.92 Å². The summed E-state index contributed by atoms with van der Waals surface area (Å²) in [6, 6.07) is 3.06. The second kappa shape index (κ2) is 4.66. The topological polar surface area (TPSA) is 52.3 Å². The maximum absolute atomic E-state index is 11.4. The molecule has 0 aromatic heterocycles. The third-order valence-corrected chi connectivity index (χ3v) is 2.58. The van der Waals surface area contributed by atoms with Gasteiger partial charge in [-0.3, -0.25) is 0 Å². The van der Waals surface area contributed by atoms with Crippen molar-refractivity contribution >= 4 is 39.2 Å². The fraction of sp³-hybridized carbons (Fsp3) is 0.222. The van der Waals surface area contributed by atoms with Gasteiger partial charge >= 0.3 is 5.97 Å². The Morgan fingerprint density at radius 3 is 2.86 bits per heavy atom. The van der Waals surface area contributed by atoms with Gasteiger partial charge in [0, 0.05) is 10.2 Å². The van der Waals surface area contributed by atoms with Crippen LogP contribution in [0.25, 0.3) is 0 Å². The minimum absolute atomic E-state index is 0.296. The molecule has 0 bridgehead atoms. The van der Waals surface area contributed by atoms with Crippen molar-refractivity contribution in [1.29, 1.82) is 0 Å². The summed E-state index contributed by atoms with van der Waals surface area (Å²) >= 11 is 9.04. The van der Waals surface area contributed by atoms with Gasteiger partial charge in [-0.15, -0.1) is 0 Å². The summed E-state index contributed by atoms with van der Waals surface area (Å²) in [6.45, 7) is 2.05. The molecule has 0 spiro atoms. The van der Waals surface area contributed by atoms with Gasteiger partial charge in [0.2, 0.25) is 0 Å². The van der Waals surface area contributed by atoms with Crippen molar-refractivity contribution in [2.75, 3.05) is 12.3 Å². The van der Waals surface area contributed by atoms with Crippen molar-refractivity contribution in [3.63, 3.8) is 0 Å². The molecule has 0 radical (unpaired) electrons. The highest BCUT2D eigenvalue weighted by Gasteiger charge is 2.13. The van der Waals surface area contributed by atoms with E-state index < -0.39 is 5.97 Å². The molecule has 2 N–H and O–H groups in total. The van der Waals surface area contributed by atoms with Crippen LogP contribution in [0.15, 0.2) is 16.6 Å². The highest BCUT2D eigenvalue weighted by atomic mass is 79.9. The van der Waals surface area contributed by atoms with Gasteiger partial charge in [-0.05, 0) is 35.0 Å². The second-order valence-electron chi connectivity index (χ2n) is 2.57. The SMILES string of the molecule is CCOC(=O)c1cc(Br)c(N)cc1Cl. The van der Waals surface area contributed by atoms with E-state index in [4.69, 9.17) is 22.1 Å². The first-order valence-electron chi connectivity index (χ1n) is 3.98. The van der Waals surface area contributed by atoms with Crippen LogP contribution in [0.1, 0.15) is 17.3 Å². The lowest BCUT2D eigenvalue weighted by atomic mass is 10.2. The average Bonchev–Trinajstić information content (AvgIpc) is 2.11. The Kier molecular flexibility index (Phi) is 3.77. The van der Waals surface area contributed by atoms with E-state index in [-0.39, 0.29) is 0 Å². The molecule has 1 aromatic rings. The molecule has 0 saturated carbocycles. The number of hydrogen-bond donors (Lipinski definition) is 1. The predicted molar refractivity (Wildman–Crippen MR) is 59.5 cm³/mol. The van der Waals surface area contributed by atoms with Gasteiger partial charge in [0.15, 0.2) is 0 Å². The number of nitrogen functional groups attached to an aromatic ring is 1. The first-order chi connectivity index (χ1) is 6.56. The molecular formula is C9H9BrClNO2. The fourth-order valence-corrected chi connectivity index (χ4v) is 1.52. The molecule has 0 aliphatic rings. The zero-order chi connectivity index (χ0) is 10.7. The minimum Gasteiger partial charge on any atom is -0.462 e. The monoisotopic (exact) mass is 277 g/mol. The highest BCUT2D eigenvalue weighted by Crippen LogP contribution is 2.27. The number of halogens is 2. The van der Waals surface area contributed by atoms with Gasteiger partial charge in [-0.1, -0.05) is 11.6 Å². The Morgan fingerprint density at radius 2 is 2.29 bits per heavy atom. The normalized spacial score (nSPS) is 9.93. The number of hydrogen-bond acceptors (Lipinski definition) is 3. The van der Waals surface area contributed by atoms with E-state index >= 15 is 0 Å². The van der Waals surface area contributed by atoms with Crippen LogP contribution in [-0.4, -0.2) is 12.6 Å². The first-order valence-corrected chi connectivity index (χ1v) is 5.15. The standard InChI is InChI=1S/C9H9BrClNO2/c1-2-14-9(13)5-3-6(10)8(12)4-7(5)11/h3-4H,2,12H2,1H3. The number of rotatable bonds is 2. The smallest absolute Gasteiger partial charge is 0.339 e. The maximum atomic E-state index is 11.4. The van der Waals surface area contributed by atoms with Crippen molar-refractivity contribution in [3.8, 4) is 0 Å². The van der Waals surface area contributed by atoms with E-state index in [1.807, 2.05) is 0 Å². The average molecular weight is 279 g/mol. The molecule has 1 aromatic carbocycles. The lowest BCUT2D eigenvalue weighted by Gasteiger charge is -2.06. The second-order valence-corrected chi connectivity index (χ2v) is 3.84. The Bertz CT molecular complexity index is 368. The Balaban J connectivity index is 3.09. The molecule has 1 rings (SSSR count). The largest absolute Gasteiger partial charge is 0.462 e. The third-order valence-electron chi connectivity index (χ3n) is 1.58. The zero-order valence-corrected chi connectivity index (χ0v) is 9.85. The zero-order valence-electron chi connectivity index (χ0n) is 7.51. The van der Waals surface area contributed by atoms with Crippen LogP contribution in [0.3, 0.4) is 0 Å². The number of benzene rings is 1. The first kappa shape index (κ1) is 11.3. The molecule has 0 unspecified atom stereocenters. The summed E-state index contributed by atoms with van der Waals surface area (Å²) in [6.07, 6.45) is 0. The van der Waals surface area contributed by atoms with Gasteiger partial charge in [-0.25, -0.2) is 4.79 Å². The number of ether oxygens (including phenoxy) is 1. The Hall–Kier alpha value is -0.740. The molecule has 0 aliphatic heterocycles. The molecule has 0 amide bonds. The van der Waals surface area contributed by atoms with E-state index in [1.165, 1.54) is 6.07 Å². The highest BCUT2D eigenvalue weighted by molar-refractivity contribution is 9.10. The predicted octanol–water partition coefficient (Wildman–Crippen LogP) is 2.86. The molecule has 5 heteroatoms. The van der Waals surface area contributed by atoms with Crippen LogP contribution in [0, 0.1) is 0 Å². The van der Waals surface area contributed by atoms with Gasteiger partial charge in [-0.2, -0.15) is 0 Å². The van der Waals surface area contributed by atoms with E-state index in [2.05, 4.69) is 15.9 Å². The van der Waals surface area contributed by atoms with E-state index in [9.17, 15) is 4.79 Å². The maximum Gasteiger partial charge on any atom is 0.339 e. The van der Waals surface area contributed by atoms with Crippen molar-refractivity contribution in [1.82, 2.24) is 0 Å². The molecular weight excluding hydrogens is 269 g/mol. The summed E-state index contributed by atoms with van der Waals surface area (Å²) in [5.74, 6) is -0.446. The number of esters is 1. The number of anilines is 1. The summed E-state index contributed by atoms with van der Waals surface area (Å²) < 4.78 is 5.45. The Labute approximate surface area is 95.3 Å². The van der Waals surface area contributed by atoms with Gasteiger partial charge in [0.05, 0.1) is 17.2 Å². The number of carbonyl (C=O) groups is 1. The van der Waals surface area contributed by atoms with Crippen molar-refractivity contribution < 1.29 is 9.53 Å². The van der Waals surface area contributed by atoms with Crippen LogP contribution < -0.4 is 5.73 Å². The van der Waals surface area contributed by atoms with E-state index in [0.29, 0.717) is 27.4 Å². The van der Waals surface area contributed by atoms with Crippen LogP contribution in [0.2, 0.25) is 5.02 Å². The summed E-state index contributed by atoms with van der Waals surface area (Å²) in [4.78, 5) is 11.4. The molecule has 14 heavy (non-hydrogen) atoms. The summed E-state index contributed by atoms with van der Waals surface area (Å²) in [5, 5.41) is 0.296. The van der Waals surface area contributed by atoms with Crippen LogP contribution in [0.5, 0.6) is 0 Å². The quantitative estimate of drug-likeness (QED) is 0.668. The molecule has 0 saturated heterocycles.